The highest BCUT2D eigenvalue weighted by Gasteiger charge is 2.39. The molecule has 1 N–H and O–H groups in total. The number of nitrogens with one attached hydrogen (secondary N) is 1. The second kappa shape index (κ2) is 8.95. The molecule has 1 fully saturated rings. The molecule has 0 saturated carbocycles. The van der Waals surface area contributed by atoms with Gasteiger partial charge in [0, 0.05) is 29.8 Å². The van der Waals surface area contributed by atoms with Crippen molar-refractivity contribution in [1.29, 1.82) is 0 Å². The lowest BCUT2D eigenvalue weighted by molar-refractivity contribution is -0.159. The summed E-state index contributed by atoms with van der Waals surface area (Å²) >= 11 is 0. The van der Waals surface area contributed by atoms with Crippen LogP contribution in [0.3, 0.4) is 0 Å². The van der Waals surface area contributed by atoms with Gasteiger partial charge in [0.15, 0.2) is 0 Å². The van der Waals surface area contributed by atoms with Crippen LogP contribution in [0.25, 0.3) is 5.57 Å². The van der Waals surface area contributed by atoms with Gasteiger partial charge in [0.25, 0.3) is 5.91 Å². The van der Waals surface area contributed by atoms with Crippen molar-refractivity contribution in [2.45, 2.75) is 18.6 Å². The SMILES string of the molecule is O=C(NCC1COCCN1C(=O)c1ccccc1)C1=CC(c2noc(C(F)(F)F)n2)=CC1. The third-order valence-electron chi connectivity index (χ3n) is 5.10. The van der Waals surface area contributed by atoms with Crippen molar-refractivity contribution in [1.82, 2.24) is 20.4 Å². The van der Waals surface area contributed by atoms with Gasteiger partial charge in [-0.05, 0) is 24.6 Å². The van der Waals surface area contributed by atoms with E-state index in [0.29, 0.717) is 24.3 Å². The molecule has 0 radical (unpaired) electrons. The molecule has 1 aromatic carbocycles. The minimum Gasteiger partial charge on any atom is -0.377 e. The molecule has 1 aliphatic heterocycles. The lowest BCUT2D eigenvalue weighted by Gasteiger charge is -2.35. The van der Waals surface area contributed by atoms with Crippen LogP contribution in [0.15, 0.2) is 52.6 Å². The van der Waals surface area contributed by atoms with Crippen molar-refractivity contribution in [2.75, 3.05) is 26.3 Å². The van der Waals surface area contributed by atoms with Gasteiger partial charge in [-0.3, -0.25) is 9.59 Å². The Hall–Kier alpha value is -3.47. The normalized spacial score (nSPS) is 18.8. The molecule has 2 aromatic rings. The van der Waals surface area contributed by atoms with E-state index in [1.54, 1.807) is 35.2 Å². The van der Waals surface area contributed by atoms with E-state index in [1.807, 2.05) is 6.07 Å². The maximum Gasteiger partial charge on any atom is 0.471 e. The van der Waals surface area contributed by atoms with E-state index in [4.69, 9.17) is 4.74 Å². The van der Waals surface area contributed by atoms with Gasteiger partial charge in [-0.15, -0.1) is 0 Å². The van der Waals surface area contributed by atoms with Crippen molar-refractivity contribution < 1.29 is 32.0 Å². The van der Waals surface area contributed by atoms with Crippen LogP contribution in [0.2, 0.25) is 0 Å². The van der Waals surface area contributed by atoms with Crippen LogP contribution in [0.5, 0.6) is 0 Å². The van der Waals surface area contributed by atoms with Crippen molar-refractivity contribution in [2.24, 2.45) is 0 Å². The van der Waals surface area contributed by atoms with Crippen molar-refractivity contribution in [3.8, 4) is 0 Å². The van der Waals surface area contributed by atoms with Gasteiger partial charge in [-0.2, -0.15) is 18.2 Å². The topological polar surface area (TPSA) is 97.6 Å². The smallest absolute Gasteiger partial charge is 0.377 e. The Morgan fingerprint density at radius 1 is 1.22 bits per heavy atom. The number of aromatic nitrogens is 2. The predicted molar refractivity (Wildman–Crippen MR) is 105 cm³/mol. The maximum atomic E-state index is 12.8. The zero-order valence-electron chi connectivity index (χ0n) is 16.8. The van der Waals surface area contributed by atoms with Crippen LogP contribution in [0.4, 0.5) is 13.2 Å². The van der Waals surface area contributed by atoms with E-state index in [2.05, 4.69) is 20.0 Å². The monoisotopic (exact) mass is 448 g/mol. The van der Waals surface area contributed by atoms with Crippen LogP contribution >= 0.6 is 0 Å². The zero-order valence-corrected chi connectivity index (χ0v) is 16.8. The number of hydrogen-bond donors (Lipinski definition) is 1. The molecule has 1 unspecified atom stereocenters. The highest BCUT2D eigenvalue weighted by molar-refractivity contribution is 5.99. The molecule has 11 heteroatoms. The van der Waals surface area contributed by atoms with E-state index >= 15 is 0 Å². The number of allylic oxidation sites excluding steroid dienone is 3. The van der Waals surface area contributed by atoms with Gasteiger partial charge in [0.1, 0.15) is 0 Å². The first-order valence-corrected chi connectivity index (χ1v) is 9.87. The fraction of sp³-hybridized carbons (Fsp3) is 0.333. The summed E-state index contributed by atoms with van der Waals surface area (Å²) in [5, 5.41) is 6.10. The minimum absolute atomic E-state index is 0.144. The van der Waals surface area contributed by atoms with Crippen LogP contribution in [-0.4, -0.2) is 59.2 Å². The molecule has 0 spiro atoms. The number of morpholine rings is 1. The molecule has 2 heterocycles. The highest BCUT2D eigenvalue weighted by atomic mass is 19.4. The van der Waals surface area contributed by atoms with Crippen LogP contribution in [-0.2, 0) is 15.7 Å². The largest absolute Gasteiger partial charge is 0.471 e. The standard InChI is InChI=1S/C21H19F3N4O4/c22-21(23,24)20-26-17(27-32-20)14-6-7-15(10-14)18(29)25-11-16-12-31-9-8-28(16)19(30)13-4-2-1-3-5-13/h1-6,10,16H,7-9,11-12H2,(H,25,29). The second-order valence-corrected chi connectivity index (χ2v) is 7.26. The molecule has 1 saturated heterocycles. The number of carbonyl (C=O) groups is 2. The Morgan fingerprint density at radius 3 is 2.72 bits per heavy atom. The van der Waals surface area contributed by atoms with E-state index < -0.39 is 18.0 Å². The van der Waals surface area contributed by atoms with Gasteiger partial charge in [0.2, 0.25) is 11.7 Å². The summed E-state index contributed by atoms with van der Waals surface area (Å²) in [6, 6.07) is 8.50. The first-order valence-electron chi connectivity index (χ1n) is 9.87. The number of ether oxygens (including phenoxy) is 1. The first-order chi connectivity index (χ1) is 15.3. The molecule has 32 heavy (non-hydrogen) atoms. The Bertz CT molecular complexity index is 1060. The number of nitrogens with zero attached hydrogens (tertiary/aromatic N) is 3. The Morgan fingerprint density at radius 2 is 2.00 bits per heavy atom. The van der Waals surface area contributed by atoms with Gasteiger partial charge in [-0.25, -0.2) is 0 Å². The molecule has 8 nitrogen and oxygen atoms in total. The van der Waals surface area contributed by atoms with E-state index in [9.17, 15) is 22.8 Å². The summed E-state index contributed by atoms with van der Waals surface area (Å²) in [5.41, 5.74) is 1.17. The third kappa shape index (κ3) is 4.72. The molecule has 2 amide bonds. The van der Waals surface area contributed by atoms with E-state index in [-0.39, 0.29) is 42.9 Å². The number of rotatable bonds is 5. The molecule has 2 aliphatic rings. The van der Waals surface area contributed by atoms with Gasteiger partial charge >= 0.3 is 12.1 Å². The number of carbonyl (C=O) groups excluding carboxylic acids is 2. The molecule has 4 rings (SSSR count). The molecular formula is C21H19F3N4O4. The number of amides is 2. The molecule has 168 valence electrons. The van der Waals surface area contributed by atoms with Crippen LogP contribution in [0, 0.1) is 0 Å². The lowest BCUT2D eigenvalue weighted by Crippen LogP contribution is -2.53. The fourth-order valence-electron chi connectivity index (χ4n) is 3.46. The van der Waals surface area contributed by atoms with Crippen molar-refractivity contribution >= 4 is 17.4 Å². The number of benzene rings is 1. The van der Waals surface area contributed by atoms with Crippen molar-refractivity contribution in [3.63, 3.8) is 0 Å². The molecular weight excluding hydrogens is 429 g/mol. The quantitative estimate of drug-likeness (QED) is 0.755. The number of halogens is 3. The summed E-state index contributed by atoms with van der Waals surface area (Å²) in [7, 11) is 0. The van der Waals surface area contributed by atoms with Gasteiger partial charge in [0.05, 0.1) is 19.3 Å². The van der Waals surface area contributed by atoms with Crippen LogP contribution < -0.4 is 5.32 Å². The predicted octanol–water partition coefficient (Wildman–Crippen LogP) is 2.46. The molecule has 1 atom stereocenters. The van der Waals surface area contributed by atoms with E-state index in [1.165, 1.54) is 6.08 Å². The fourth-order valence-corrected chi connectivity index (χ4v) is 3.46. The molecule has 1 aromatic heterocycles. The average molecular weight is 448 g/mol. The first kappa shape index (κ1) is 21.8. The number of hydrogen-bond acceptors (Lipinski definition) is 6. The summed E-state index contributed by atoms with van der Waals surface area (Å²) < 4.78 is 47.6. The Labute approximate surface area is 180 Å². The van der Waals surface area contributed by atoms with Gasteiger partial charge < -0.3 is 19.5 Å². The maximum absolute atomic E-state index is 12.8. The lowest BCUT2D eigenvalue weighted by atomic mass is 10.1. The summed E-state index contributed by atoms with van der Waals surface area (Å²) in [6.45, 7) is 1.27. The third-order valence-corrected chi connectivity index (χ3v) is 5.10. The number of alkyl halides is 3. The van der Waals surface area contributed by atoms with Crippen LogP contribution in [0.1, 0.15) is 28.5 Å². The summed E-state index contributed by atoms with van der Waals surface area (Å²) in [5.74, 6) is -2.22. The second-order valence-electron chi connectivity index (χ2n) is 7.26. The Balaban J connectivity index is 1.37. The highest BCUT2D eigenvalue weighted by Crippen LogP contribution is 2.30. The van der Waals surface area contributed by atoms with E-state index in [0.717, 1.165) is 0 Å². The summed E-state index contributed by atoms with van der Waals surface area (Å²) in [6.07, 6.45) is -1.55. The Kier molecular flexibility index (Phi) is 6.08. The molecule has 0 bridgehead atoms. The van der Waals surface area contributed by atoms with Gasteiger partial charge in [-0.1, -0.05) is 29.4 Å². The summed E-state index contributed by atoms with van der Waals surface area (Å²) in [4.78, 5) is 30.4. The molecule has 1 aliphatic carbocycles. The minimum atomic E-state index is -4.74. The average Bonchev–Trinajstić information content (AvgIpc) is 3.47. The zero-order chi connectivity index (χ0) is 22.7. The van der Waals surface area contributed by atoms with Crippen molar-refractivity contribution in [3.05, 3.63) is 65.3 Å².